The number of hydrogen-bond acceptors (Lipinski definition) is 48. The van der Waals surface area contributed by atoms with E-state index in [0.29, 0.717) is 39.6 Å². The van der Waals surface area contributed by atoms with Gasteiger partial charge in [-0.1, -0.05) is 0 Å². The zero-order chi connectivity index (χ0) is 87.4. The summed E-state index contributed by atoms with van der Waals surface area (Å²) in [6.07, 6.45) is -72.3. The predicted octanol–water partition coefficient (Wildman–Crippen LogP) is -14.0. The van der Waals surface area contributed by atoms with Gasteiger partial charge in [0.15, 0.2) is 55.5 Å². The van der Waals surface area contributed by atoms with Gasteiger partial charge in [0.1, 0.15) is 191 Å². The monoisotopic (exact) mass is 1770 g/mol. The Morgan fingerprint density at radius 2 is 0.496 bits per heavy atom. The molecule has 35 atom stereocenters. The second kappa shape index (κ2) is 51.5. The van der Waals surface area contributed by atoms with Crippen molar-refractivity contribution in [2.75, 3.05) is 200 Å². The van der Waals surface area contributed by atoms with Crippen LogP contribution in [0.3, 0.4) is 0 Å². The number of nitrogens with one attached hydrogen (secondary N) is 2. The Labute approximate surface area is 694 Å². The third kappa shape index (κ3) is 27.0. The molecule has 21 aliphatic heterocycles. The Bertz CT molecular complexity index is 2990. The summed E-state index contributed by atoms with van der Waals surface area (Å²) in [5, 5.41) is 233. The highest BCUT2D eigenvalue weighted by Gasteiger charge is 2.60. The minimum absolute atomic E-state index is 0.00288. The van der Waals surface area contributed by atoms with E-state index in [9.17, 15) is 107 Å². The summed E-state index contributed by atoms with van der Waals surface area (Å²) < 4.78 is 150. The lowest BCUT2D eigenvalue weighted by Gasteiger charge is -2.50. The number of aliphatic hydroxyl groups excluding tert-OH is 20. The number of hydrogen-bond donors (Lipinski definition) is 22. The Kier molecular flexibility index (Phi) is 43.0. The fourth-order valence-corrected chi connectivity index (χ4v) is 14.1. The molecular weight excluding hydrogens is 1640 g/mol. The van der Waals surface area contributed by atoms with Crippen LogP contribution in [0.25, 0.3) is 0 Å². The normalized spacial score (nSPS) is 39.4. The molecule has 1 unspecified atom stereocenters. The molecule has 1 aromatic carbocycles. The van der Waals surface area contributed by atoms with Crippen LogP contribution in [0.4, 0.5) is 0 Å². The molecule has 22 N–H and O–H groups in total. The number of aliphatic hydroxyl groups is 20. The van der Waals surface area contributed by atoms with Crippen LogP contribution in [-0.2, 0) is 109 Å². The maximum Gasteiger partial charge on any atom is 0.251 e. The van der Waals surface area contributed by atoms with Crippen LogP contribution in [0.15, 0.2) is 12.1 Å². The zero-order valence-corrected chi connectivity index (χ0v) is 66.9. The molecule has 0 aromatic heterocycles. The van der Waals surface area contributed by atoms with Crippen molar-refractivity contribution in [3.8, 4) is 17.2 Å². The summed E-state index contributed by atoms with van der Waals surface area (Å²) in [4.78, 5) is 14.4. The van der Waals surface area contributed by atoms with E-state index in [4.69, 9.17) is 123 Å². The van der Waals surface area contributed by atoms with Gasteiger partial charge in [0, 0.05) is 46.5 Å². The van der Waals surface area contributed by atoms with Crippen LogP contribution in [0.1, 0.15) is 10.4 Å². The highest BCUT2D eigenvalue weighted by molar-refractivity contribution is 5.95. The van der Waals surface area contributed by atoms with Gasteiger partial charge in [-0.3, -0.25) is 4.79 Å². The first kappa shape index (κ1) is 101. The number of benzene rings is 1. The molecule has 14 bridgehead atoms. The highest BCUT2D eigenvalue weighted by Crippen LogP contribution is 2.42. The highest BCUT2D eigenvalue weighted by atomic mass is 16.8. The molecule has 21 saturated heterocycles. The van der Waals surface area contributed by atoms with Crippen LogP contribution in [0.5, 0.6) is 17.2 Å². The summed E-state index contributed by atoms with van der Waals surface area (Å²) >= 11 is 0. The molecule has 0 aliphatic carbocycles. The van der Waals surface area contributed by atoms with Crippen LogP contribution < -0.4 is 24.8 Å². The molecule has 21 heterocycles. The van der Waals surface area contributed by atoms with Gasteiger partial charge in [0.05, 0.1) is 139 Å². The first-order valence-corrected chi connectivity index (χ1v) is 39.8. The Morgan fingerprint density at radius 1 is 0.281 bits per heavy atom. The average molecular weight is 1770 g/mol. The molecule has 702 valence electrons. The standard InChI is InChI=1S/C72H122N2O47/c1-96-6-9-99-12-15-102-18-21-105-34-24-33(25-35(106-22-19-103-16-13-100-10-7-97-2)57(34)107-23-20-104-17-14-101-11-8-98-3)65(95)74-5-4-73-26-36-58-43(81)50(88)66(108-36)116-59-37(27-75)110-68(52(90)45(59)83)118-61-39(29-77)112-70(54(92)47(61)85)120-63-41(31-79)114-72(56(94)49(63)87)121-64-42(32-80)113-71(55(93)48(64)86)119-62-40(30-78)111-69(53(91)46(62)84)117-60-38(28-76)109-67(115-58)51(89)44(60)82/h24-25,36-56,58-64,66-73,75-94H,4-23,26-32H2,1-3H3,(H,74,95)/t36-,37-,38-,39-,40-,41-,42-,43-,44-,45-,46-,47-,48-,49?,50-,51-,52-,53-,54-,55-,56-,58-,59-,60-,61-,62-,63-,64-,66-,67-,68-,69-,70-,71-,72-/m1/s1. The molecule has 22 rings (SSSR count). The first-order valence-electron chi connectivity index (χ1n) is 39.8. The number of rotatable bonds is 42. The largest absolute Gasteiger partial charge is 0.487 e. The maximum atomic E-state index is 14.4. The maximum absolute atomic E-state index is 14.4. The molecule has 1 aromatic rings. The van der Waals surface area contributed by atoms with Crippen molar-refractivity contribution in [1.29, 1.82) is 0 Å². The smallest absolute Gasteiger partial charge is 0.251 e. The van der Waals surface area contributed by atoms with Crippen molar-refractivity contribution in [3.05, 3.63) is 17.7 Å². The topological polar surface area (TPSA) is 686 Å². The van der Waals surface area contributed by atoms with E-state index in [1.807, 2.05) is 0 Å². The van der Waals surface area contributed by atoms with Gasteiger partial charge in [-0.25, -0.2) is 0 Å². The molecule has 21 fully saturated rings. The van der Waals surface area contributed by atoms with Crippen LogP contribution in [-0.4, -0.2) is 523 Å². The number of methoxy groups -OCH3 is 3. The fourth-order valence-electron chi connectivity index (χ4n) is 14.1. The number of ether oxygens (including phenoxy) is 26. The van der Waals surface area contributed by atoms with E-state index in [0.717, 1.165) is 0 Å². The summed E-state index contributed by atoms with van der Waals surface area (Å²) in [7, 11) is 4.63. The molecule has 121 heavy (non-hydrogen) atoms. The molecule has 0 radical (unpaired) electrons. The third-order valence-corrected chi connectivity index (χ3v) is 20.7. The second-order valence-electron chi connectivity index (χ2n) is 28.9. The van der Waals surface area contributed by atoms with Crippen molar-refractivity contribution in [2.24, 2.45) is 0 Å². The zero-order valence-electron chi connectivity index (χ0n) is 66.9. The van der Waals surface area contributed by atoms with Crippen LogP contribution >= 0.6 is 0 Å². The van der Waals surface area contributed by atoms with Gasteiger partial charge in [-0.05, 0) is 12.1 Å². The van der Waals surface area contributed by atoms with E-state index < -0.39 is 267 Å². The van der Waals surface area contributed by atoms with Gasteiger partial charge in [0.25, 0.3) is 5.91 Å². The molecule has 0 spiro atoms. The fraction of sp³-hybridized carbons (Fsp3) is 0.903. The molecule has 21 aliphatic rings. The van der Waals surface area contributed by atoms with Crippen molar-refractivity contribution in [1.82, 2.24) is 10.6 Å². The van der Waals surface area contributed by atoms with Crippen molar-refractivity contribution in [2.45, 2.75) is 215 Å². The lowest BCUT2D eigenvalue weighted by molar-refractivity contribution is -0.396. The Hall–Kier alpha value is -3.67. The molecule has 49 nitrogen and oxygen atoms in total. The van der Waals surface area contributed by atoms with Gasteiger partial charge in [-0.15, -0.1) is 0 Å². The molecular formula is C72H122N2O47. The van der Waals surface area contributed by atoms with E-state index in [-0.39, 0.29) is 115 Å². The number of carbonyl (C=O) groups excluding carboxylic acids is 1. The van der Waals surface area contributed by atoms with E-state index in [1.165, 1.54) is 12.1 Å². The molecule has 1 amide bonds. The summed E-state index contributed by atoms with van der Waals surface area (Å²) in [6, 6.07) is 2.81. The first-order chi connectivity index (χ1) is 58.4. The second-order valence-corrected chi connectivity index (χ2v) is 28.9. The predicted molar refractivity (Wildman–Crippen MR) is 390 cm³/mol. The molecule has 0 saturated carbocycles. The summed E-state index contributed by atoms with van der Waals surface area (Å²) in [5.74, 6) is -0.486. The summed E-state index contributed by atoms with van der Waals surface area (Å²) in [5.41, 5.74) is -0.00288. The van der Waals surface area contributed by atoms with Crippen molar-refractivity contribution in [3.63, 3.8) is 0 Å². The van der Waals surface area contributed by atoms with Crippen molar-refractivity contribution >= 4 is 5.91 Å². The number of carbonyl (C=O) groups is 1. The van der Waals surface area contributed by atoms with Crippen LogP contribution in [0, 0.1) is 0 Å². The van der Waals surface area contributed by atoms with Gasteiger partial charge >= 0.3 is 0 Å². The number of amides is 1. The van der Waals surface area contributed by atoms with Gasteiger partial charge in [-0.2, -0.15) is 0 Å². The minimum atomic E-state index is -2.29. The van der Waals surface area contributed by atoms with Gasteiger partial charge < -0.3 is 236 Å². The van der Waals surface area contributed by atoms with Crippen molar-refractivity contribution < 1.29 is 230 Å². The molecule has 49 heteroatoms. The van der Waals surface area contributed by atoms with E-state index >= 15 is 0 Å². The third-order valence-electron chi connectivity index (χ3n) is 20.7. The Morgan fingerprint density at radius 3 is 0.736 bits per heavy atom. The quantitative estimate of drug-likeness (QED) is 0.0270. The SMILES string of the molecule is COCCOCCOCCOc1cc(C(=O)NCCNC[C@H]2O[C@@H]3O[C@H]4[C@H](O)[C@@H](O)[C@@H](O[C@H]5[C@H](O)[C@@H](O)[C@H](O[C@@H]5CO)O[C@H]5C(O)[C@@H](O)[C@@H](O[C@H]6[C@H](O)[C@@H](O)[C@@H](O[C@H]7[C@H](O)[C@@H](O)[C@@H](O[C@H]8[C@H](O)[C@@H](O)[C@@H](O[C@H]2[C@H](O)[C@H]3O)O[C@@H]8CO)O[C@@H]7CO)O[C@@H]6CO)O[C@@H]5CO)O[C@@H]4CO)cc(OCCOCCOCCOC)c1OCCOCCOCCOC. The van der Waals surface area contributed by atoms with E-state index in [2.05, 4.69) is 10.6 Å². The van der Waals surface area contributed by atoms with Crippen LogP contribution in [0.2, 0.25) is 0 Å². The minimum Gasteiger partial charge on any atom is -0.487 e. The Balaban J connectivity index is 0.961. The average Bonchev–Trinajstić information content (AvgIpc) is 0.804. The van der Waals surface area contributed by atoms with Gasteiger partial charge in [0.2, 0.25) is 5.75 Å². The van der Waals surface area contributed by atoms with E-state index in [1.54, 1.807) is 21.3 Å². The lowest BCUT2D eigenvalue weighted by atomic mass is 9.95. The summed E-state index contributed by atoms with van der Waals surface area (Å²) in [6.45, 7) is -3.64. The lowest BCUT2D eigenvalue weighted by Crippen LogP contribution is -2.68.